The van der Waals surface area contributed by atoms with Crippen molar-refractivity contribution in [1.82, 2.24) is 5.32 Å². The van der Waals surface area contributed by atoms with E-state index in [1.807, 2.05) is 6.07 Å². The van der Waals surface area contributed by atoms with E-state index in [1.165, 1.54) is 6.92 Å². The number of hydrogen-bond donors (Lipinski definition) is 3. The first-order valence-electron chi connectivity index (χ1n) is 11.3. The molecule has 1 aliphatic carbocycles. The number of rotatable bonds is 7. The van der Waals surface area contributed by atoms with Gasteiger partial charge in [0.2, 0.25) is 0 Å². The van der Waals surface area contributed by atoms with Crippen molar-refractivity contribution < 1.29 is 26.7 Å². The van der Waals surface area contributed by atoms with Crippen LogP contribution in [-0.2, 0) is 19.7 Å². The standard InChI is InChI=1S/C22H34N2O6S2/c1-22(31(27,28)13-8-14-32(22,29)30)16-20(25)19(15-17-9-4-2-5-10-17)24-21(26)23-18-11-6-3-7-12-18/h3,6-7,11-12,17,19-20,25H,2,4-5,8-10,13-16H2,1H3,(H2,23,24,26)/t19-,20-/m0/s1. The van der Waals surface area contributed by atoms with Crippen molar-refractivity contribution in [2.75, 3.05) is 16.8 Å². The largest absolute Gasteiger partial charge is 0.391 e. The zero-order valence-electron chi connectivity index (χ0n) is 18.5. The fraction of sp³-hybridized carbons (Fsp3) is 0.682. The van der Waals surface area contributed by atoms with Crippen molar-refractivity contribution in [1.29, 1.82) is 0 Å². The monoisotopic (exact) mass is 486 g/mol. The first-order chi connectivity index (χ1) is 15.0. The summed E-state index contributed by atoms with van der Waals surface area (Å²) in [5, 5.41) is 16.6. The predicted molar refractivity (Wildman–Crippen MR) is 125 cm³/mol. The summed E-state index contributed by atoms with van der Waals surface area (Å²) < 4.78 is 48.9. The molecule has 32 heavy (non-hydrogen) atoms. The number of hydrogen-bond acceptors (Lipinski definition) is 6. The van der Waals surface area contributed by atoms with E-state index in [1.54, 1.807) is 24.3 Å². The fourth-order valence-corrected chi connectivity index (χ4v) is 9.78. The lowest BCUT2D eigenvalue weighted by Gasteiger charge is -2.37. The molecule has 1 aliphatic heterocycles. The molecule has 1 heterocycles. The number of benzene rings is 1. The van der Waals surface area contributed by atoms with Gasteiger partial charge in [0, 0.05) is 12.1 Å². The summed E-state index contributed by atoms with van der Waals surface area (Å²) in [6.45, 7) is 1.20. The van der Waals surface area contributed by atoms with Crippen molar-refractivity contribution >= 4 is 31.4 Å². The van der Waals surface area contributed by atoms with Crippen LogP contribution in [0.3, 0.4) is 0 Å². The van der Waals surface area contributed by atoms with Gasteiger partial charge in [-0.3, -0.25) is 0 Å². The molecule has 0 bridgehead atoms. The summed E-state index contributed by atoms with van der Waals surface area (Å²) in [4.78, 5) is 12.6. The minimum Gasteiger partial charge on any atom is -0.391 e. The van der Waals surface area contributed by atoms with Gasteiger partial charge in [0.25, 0.3) is 0 Å². The molecule has 2 atom stereocenters. The highest BCUT2D eigenvalue weighted by atomic mass is 32.3. The molecule has 1 aromatic rings. The van der Waals surface area contributed by atoms with Crippen LogP contribution in [0.25, 0.3) is 0 Å². The lowest BCUT2D eigenvalue weighted by molar-refractivity contribution is 0.101. The number of carbonyl (C=O) groups excluding carboxylic acids is 1. The first-order valence-corrected chi connectivity index (χ1v) is 14.6. The van der Waals surface area contributed by atoms with Gasteiger partial charge in [-0.05, 0) is 37.8 Å². The summed E-state index contributed by atoms with van der Waals surface area (Å²) in [6, 6.07) is 7.57. The molecule has 0 radical (unpaired) electrons. The predicted octanol–water partition coefficient (Wildman–Crippen LogP) is 2.85. The van der Waals surface area contributed by atoms with Crippen LogP contribution < -0.4 is 10.6 Å². The Kier molecular flexibility index (Phi) is 7.88. The van der Waals surface area contributed by atoms with Gasteiger partial charge in [-0.25, -0.2) is 21.6 Å². The number of amides is 2. The molecular weight excluding hydrogens is 452 g/mol. The number of urea groups is 1. The number of para-hydroxylation sites is 1. The molecule has 0 spiro atoms. The van der Waals surface area contributed by atoms with Crippen molar-refractivity contribution in [3.63, 3.8) is 0 Å². The number of carbonyl (C=O) groups is 1. The summed E-state index contributed by atoms with van der Waals surface area (Å²) >= 11 is 0. The molecule has 2 amide bonds. The zero-order valence-corrected chi connectivity index (χ0v) is 20.1. The second kappa shape index (κ2) is 10.1. The van der Waals surface area contributed by atoms with Crippen LogP contribution in [0.1, 0.15) is 58.3 Å². The SMILES string of the molecule is CC1(C[C@H](O)[C@H](CC2CCCCC2)NC(=O)Nc2ccccc2)S(=O)(=O)CCCS1(=O)=O. The van der Waals surface area contributed by atoms with Crippen molar-refractivity contribution in [2.24, 2.45) is 5.92 Å². The number of nitrogens with one attached hydrogen (secondary N) is 2. The van der Waals surface area contributed by atoms with Crippen molar-refractivity contribution in [2.45, 2.75) is 74.5 Å². The molecular formula is C22H34N2O6S2. The van der Waals surface area contributed by atoms with Gasteiger partial charge in [-0.1, -0.05) is 50.3 Å². The van der Waals surface area contributed by atoms with Gasteiger partial charge in [-0.15, -0.1) is 0 Å². The van der Waals surface area contributed by atoms with Crippen LogP contribution in [0.15, 0.2) is 30.3 Å². The molecule has 1 saturated heterocycles. The van der Waals surface area contributed by atoms with Crippen LogP contribution in [0, 0.1) is 5.92 Å². The summed E-state index contributed by atoms with van der Waals surface area (Å²) in [5.41, 5.74) is 0.584. The molecule has 1 saturated carbocycles. The van der Waals surface area contributed by atoms with Crippen molar-refractivity contribution in [3.8, 4) is 0 Å². The van der Waals surface area contributed by atoms with E-state index in [0.29, 0.717) is 12.1 Å². The van der Waals surface area contributed by atoms with E-state index in [9.17, 15) is 26.7 Å². The average molecular weight is 487 g/mol. The van der Waals surface area contributed by atoms with Crippen LogP contribution in [-0.4, -0.2) is 55.7 Å². The van der Waals surface area contributed by atoms with E-state index >= 15 is 0 Å². The van der Waals surface area contributed by atoms with Gasteiger partial charge in [0.15, 0.2) is 23.8 Å². The third-order valence-electron chi connectivity index (χ3n) is 6.85. The van der Waals surface area contributed by atoms with Crippen molar-refractivity contribution in [3.05, 3.63) is 30.3 Å². The Bertz CT molecular complexity index is 955. The summed E-state index contributed by atoms with van der Waals surface area (Å²) in [5.74, 6) is -0.150. The third-order valence-corrected chi connectivity index (χ3v) is 13.0. The maximum Gasteiger partial charge on any atom is 0.319 e. The van der Waals surface area contributed by atoms with E-state index in [-0.39, 0.29) is 23.8 Å². The van der Waals surface area contributed by atoms with E-state index in [4.69, 9.17) is 0 Å². The Morgan fingerprint density at radius 2 is 1.62 bits per heavy atom. The van der Waals surface area contributed by atoms with E-state index in [2.05, 4.69) is 10.6 Å². The minimum atomic E-state index is -3.95. The van der Waals surface area contributed by atoms with Gasteiger partial charge in [0.05, 0.1) is 23.7 Å². The molecule has 3 rings (SSSR count). The molecule has 2 fully saturated rings. The van der Waals surface area contributed by atoms with Crippen LogP contribution >= 0.6 is 0 Å². The molecule has 180 valence electrons. The van der Waals surface area contributed by atoms with Crippen LogP contribution in [0.2, 0.25) is 0 Å². The topological polar surface area (TPSA) is 130 Å². The molecule has 10 heteroatoms. The van der Waals surface area contributed by atoms with Crippen LogP contribution in [0.5, 0.6) is 0 Å². The Balaban J connectivity index is 1.78. The van der Waals surface area contributed by atoms with Gasteiger partial charge < -0.3 is 15.7 Å². The fourth-order valence-electron chi connectivity index (χ4n) is 4.79. The van der Waals surface area contributed by atoms with Gasteiger partial charge in [-0.2, -0.15) is 0 Å². The molecule has 2 aliphatic rings. The van der Waals surface area contributed by atoms with Gasteiger partial charge >= 0.3 is 6.03 Å². The summed E-state index contributed by atoms with van der Waals surface area (Å²) in [6.07, 6.45) is 4.01. The second-order valence-corrected chi connectivity index (χ2v) is 14.5. The Hall–Kier alpha value is -1.65. The number of aliphatic hydroxyl groups is 1. The lowest BCUT2D eigenvalue weighted by Crippen LogP contribution is -2.55. The number of aliphatic hydroxyl groups excluding tert-OH is 1. The molecule has 0 unspecified atom stereocenters. The number of sulfone groups is 2. The molecule has 3 N–H and O–H groups in total. The highest BCUT2D eigenvalue weighted by Gasteiger charge is 2.54. The van der Waals surface area contributed by atoms with E-state index < -0.39 is 48.4 Å². The Morgan fingerprint density at radius 3 is 2.22 bits per heavy atom. The first kappa shape index (κ1) is 25.0. The maximum absolute atomic E-state index is 12.7. The molecule has 1 aromatic carbocycles. The second-order valence-electron chi connectivity index (χ2n) is 9.21. The Labute approximate surface area is 191 Å². The normalized spacial score (nSPS) is 24.2. The highest BCUT2D eigenvalue weighted by Crippen LogP contribution is 2.37. The Morgan fingerprint density at radius 1 is 1.03 bits per heavy atom. The third kappa shape index (κ3) is 5.63. The summed E-state index contributed by atoms with van der Waals surface area (Å²) in [7, 11) is -7.89. The molecule has 8 nitrogen and oxygen atoms in total. The van der Waals surface area contributed by atoms with Crippen LogP contribution in [0.4, 0.5) is 10.5 Å². The smallest absolute Gasteiger partial charge is 0.319 e. The lowest BCUT2D eigenvalue weighted by atomic mass is 9.83. The minimum absolute atomic E-state index is 0.0690. The highest BCUT2D eigenvalue weighted by molar-refractivity contribution is 8.10. The average Bonchev–Trinajstić information content (AvgIpc) is 2.73. The van der Waals surface area contributed by atoms with E-state index in [0.717, 1.165) is 32.1 Å². The quantitative estimate of drug-likeness (QED) is 0.543. The zero-order chi connectivity index (χ0) is 23.4. The maximum atomic E-state index is 12.7. The number of anilines is 1. The molecule has 0 aromatic heterocycles. The van der Waals surface area contributed by atoms with Gasteiger partial charge in [0.1, 0.15) is 0 Å².